The molecule has 2 aromatic heterocycles. The minimum Gasteiger partial charge on any atom is -0.461 e. The number of fused-ring (bicyclic) bond motifs is 1. The molecule has 21 heavy (non-hydrogen) atoms. The Kier molecular flexibility index (Phi) is 3.55. The van der Waals surface area contributed by atoms with Gasteiger partial charge in [0.05, 0.1) is 17.9 Å². The van der Waals surface area contributed by atoms with Gasteiger partial charge in [-0.15, -0.1) is 0 Å². The van der Waals surface area contributed by atoms with E-state index in [1.807, 2.05) is 31.2 Å². The largest absolute Gasteiger partial charge is 0.461 e. The van der Waals surface area contributed by atoms with Gasteiger partial charge < -0.3 is 14.6 Å². The van der Waals surface area contributed by atoms with Crippen molar-refractivity contribution in [2.24, 2.45) is 5.84 Å². The summed E-state index contributed by atoms with van der Waals surface area (Å²) in [6.07, 6.45) is 0. The van der Waals surface area contributed by atoms with Crippen molar-refractivity contribution in [2.45, 2.75) is 13.5 Å². The zero-order valence-corrected chi connectivity index (χ0v) is 11.9. The summed E-state index contributed by atoms with van der Waals surface area (Å²) < 4.78 is 10.9. The summed E-state index contributed by atoms with van der Waals surface area (Å²) in [6, 6.07) is 9.56. The first-order valence-electron chi connectivity index (χ1n) is 6.55. The molecule has 0 radical (unpaired) electrons. The highest BCUT2D eigenvalue weighted by Gasteiger charge is 2.16. The average Bonchev–Trinajstić information content (AvgIpc) is 2.83. The van der Waals surface area contributed by atoms with Crippen molar-refractivity contribution >= 4 is 16.8 Å². The summed E-state index contributed by atoms with van der Waals surface area (Å²) >= 11 is 0. The lowest BCUT2D eigenvalue weighted by atomic mass is 10.1. The van der Waals surface area contributed by atoms with Crippen LogP contribution in [0.5, 0.6) is 0 Å². The molecule has 3 aromatic rings. The smallest absolute Gasteiger partial charge is 0.166 e. The quantitative estimate of drug-likeness (QED) is 0.566. The highest BCUT2D eigenvalue weighted by atomic mass is 16.5. The molecule has 0 aliphatic heterocycles. The van der Waals surface area contributed by atoms with Crippen molar-refractivity contribution in [3.05, 3.63) is 41.8 Å². The number of benzene rings is 1. The second-order valence-corrected chi connectivity index (χ2v) is 4.67. The molecule has 1 aromatic carbocycles. The SMILES string of the molecule is COCc1cc(NN)nc(-c2c(C)oc3ccccc23)n1. The zero-order chi connectivity index (χ0) is 14.8. The van der Waals surface area contributed by atoms with Crippen LogP contribution in [0.25, 0.3) is 22.4 Å². The maximum atomic E-state index is 5.76. The number of aryl methyl sites for hydroxylation is 1. The molecule has 0 bridgehead atoms. The lowest BCUT2D eigenvalue weighted by molar-refractivity contribution is 0.181. The second-order valence-electron chi connectivity index (χ2n) is 4.67. The average molecular weight is 284 g/mol. The maximum absolute atomic E-state index is 5.76. The third-order valence-electron chi connectivity index (χ3n) is 3.21. The summed E-state index contributed by atoms with van der Waals surface area (Å²) in [4.78, 5) is 8.96. The number of aromatic nitrogens is 2. The number of hydrogen-bond acceptors (Lipinski definition) is 6. The predicted octanol–water partition coefficient (Wildman–Crippen LogP) is 2.63. The standard InChI is InChI=1S/C15H16N4O2/c1-9-14(11-5-3-4-6-12(11)21-9)15-17-10(8-20-2)7-13(18-15)19-16/h3-7H,8,16H2,1-2H3,(H,17,18,19). The Balaban J connectivity index is 2.22. The van der Waals surface area contributed by atoms with Crippen molar-refractivity contribution < 1.29 is 9.15 Å². The van der Waals surface area contributed by atoms with Crippen molar-refractivity contribution in [3.8, 4) is 11.4 Å². The first-order chi connectivity index (χ1) is 10.2. The first-order valence-corrected chi connectivity index (χ1v) is 6.55. The molecule has 3 rings (SSSR count). The number of nitrogens with two attached hydrogens (primary N) is 1. The Labute approximate surface area is 121 Å². The minimum atomic E-state index is 0.388. The zero-order valence-electron chi connectivity index (χ0n) is 11.9. The van der Waals surface area contributed by atoms with Gasteiger partial charge in [-0.25, -0.2) is 15.8 Å². The normalized spacial score (nSPS) is 11.0. The Morgan fingerprint density at radius 1 is 1.29 bits per heavy atom. The van der Waals surface area contributed by atoms with Crippen LogP contribution in [0.2, 0.25) is 0 Å². The Morgan fingerprint density at radius 2 is 2.10 bits per heavy atom. The lowest BCUT2D eigenvalue weighted by Crippen LogP contribution is -2.11. The minimum absolute atomic E-state index is 0.388. The second kappa shape index (κ2) is 5.51. The van der Waals surface area contributed by atoms with E-state index in [0.717, 1.165) is 28.0 Å². The molecular weight excluding hydrogens is 268 g/mol. The van der Waals surface area contributed by atoms with Crippen LogP contribution >= 0.6 is 0 Å². The third kappa shape index (κ3) is 2.46. The summed E-state index contributed by atoms with van der Waals surface area (Å²) in [5, 5.41) is 0.979. The molecule has 3 N–H and O–H groups in total. The molecule has 0 saturated carbocycles. The number of nitrogen functional groups attached to an aromatic ring is 1. The molecule has 6 heteroatoms. The maximum Gasteiger partial charge on any atom is 0.166 e. The fourth-order valence-corrected chi connectivity index (χ4v) is 2.35. The molecule has 108 valence electrons. The summed E-state index contributed by atoms with van der Waals surface area (Å²) in [7, 11) is 1.62. The molecule has 0 spiro atoms. The number of methoxy groups -OCH3 is 1. The lowest BCUT2D eigenvalue weighted by Gasteiger charge is -2.07. The van der Waals surface area contributed by atoms with Crippen molar-refractivity contribution in [2.75, 3.05) is 12.5 Å². The molecule has 0 fully saturated rings. The molecule has 0 unspecified atom stereocenters. The van der Waals surface area contributed by atoms with E-state index >= 15 is 0 Å². The Bertz CT molecular complexity index is 782. The number of nitrogens with zero attached hydrogens (tertiary/aromatic N) is 2. The molecular formula is C15H16N4O2. The van der Waals surface area contributed by atoms with E-state index in [9.17, 15) is 0 Å². The number of furan rings is 1. The number of nitrogens with one attached hydrogen (secondary N) is 1. The topological polar surface area (TPSA) is 86.2 Å². The van der Waals surface area contributed by atoms with Gasteiger partial charge in [-0.3, -0.25) is 0 Å². The Morgan fingerprint density at radius 3 is 2.86 bits per heavy atom. The van der Waals surface area contributed by atoms with Gasteiger partial charge >= 0.3 is 0 Å². The fourth-order valence-electron chi connectivity index (χ4n) is 2.35. The van der Waals surface area contributed by atoms with E-state index < -0.39 is 0 Å². The summed E-state index contributed by atoms with van der Waals surface area (Å²) in [5.74, 6) is 7.36. The van der Waals surface area contributed by atoms with Gasteiger partial charge in [0.2, 0.25) is 0 Å². The number of hydrogen-bond donors (Lipinski definition) is 2. The van der Waals surface area contributed by atoms with Crippen LogP contribution in [0.4, 0.5) is 5.82 Å². The Hall–Kier alpha value is -2.44. The summed E-state index contributed by atoms with van der Waals surface area (Å²) in [5.41, 5.74) is 5.00. The van der Waals surface area contributed by atoms with Crippen LogP contribution in [0.15, 0.2) is 34.7 Å². The highest BCUT2D eigenvalue weighted by Crippen LogP contribution is 2.32. The predicted molar refractivity (Wildman–Crippen MR) is 80.5 cm³/mol. The first kappa shape index (κ1) is 13.5. The number of rotatable bonds is 4. The molecule has 0 aliphatic carbocycles. The van der Waals surface area contributed by atoms with Crippen LogP contribution in [0.1, 0.15) is 11.5 Å². The molecule has 0 aliphatic rings. The van der Waals surface area contributed by atoms with Crippen LogP contribution < -0.4 is 11.3 Å². The van der Waals surface area contributed by atoms with Crippen LogP contribution in [0, 0.1) is 6.92 Å². The third-order valence-corrected chi connectivity index (χ3v) is 3.21. The number of hydrazine groups is 1. The van der Waals surface area contributed by atoms with Gasteiger partial charge in [0, 0.05) is 18.6 Å². The molecule has 0 saturated heterocycles. The number of ether oxygens (including phenoxy) is 1. The van der Waals surface area contributed by atoms with Gasteiger partial charge in [-0.1, -0.05) is 18.2 Å². The van der Waals surface area contributed by atoms with Gasteiger partial charge in [-0.2, -0.15) is 0 Å². The van der Waals surface area contributed by atoms with E-state index in [1.165, 1.54) is 0 Å². The van der Waals surface area contributed by atoms with Gasteiger partial charge in [-0.05, 0) is 13.0 Å². The molecule has 2 heterocycles. The molecule has 0 atom stereocenters. The van der Waals surface area contributed by atoms with E-state index in [4.69, 9.17) is 15.0 Å². The van der Waals surface area contributed by atoms with Crippen molar-refractivity contribution in [3.63, 3.8) is 0 Å². The number of para-hydroxylation sites is 1. The van der Waals surface area contributed by atoms with E-state index in [2.05, 4.69) is 15.4 Å². The van der Waals surface area contributed by atoms with Crippen LogP contribution in [-0.2, 0) is 11.3 Å². The molecule has 6 nitrogen and oxygen atoms in total. The summed E-state index contributed by atoms with van der Waals surface area (Å²) in [6.45, 7) is 2.29. The van der Waals surface area contributed by atoms with E-state index in [1.54, 1.807) is 13.2 Å². The molecule has 0 amide bonds. The van der Waals surface area contributed by atoms with Gasteiger partial charge in [0.25, 0.3) is 0 Å². The van der Waals surface area contributed by atoms with Crippen molar-refractivity contribution in [1.29, 1.82) is 0 Å². The highest BCUT2D eigenvalue weighted by molar-refractivity contribution is 5.93. The van der Waals surface area contributed by atoms with Gasteiger partial charge in [0.15, 0.2) is 5.82 Å². The van der Waals surface area contributed by atoms with Crippen LogP contribution in [-0.4, -0.2) is 17.1 Å². The van der Waals surface area contributed by atoms with Crippen LogP contribution in [0.3, 0.4) is 0 Å². The van der Waals surface area contributed by atoms with E-state index in [-0.39, 0.29) is 0 Å². The van der Waals surface area contributed by atoms with Crippen molar-refractivity contribution in [1.82, 2.24) is 9.97 Å². The monoisotopic (exact) mass is 284 g/mol. The van der Waals surface area contributed by atoms with Gasteiger partial charge in [0.1, 0.15) is 17.2 Å². The fraction of sp³-hybridized carbons (Fsp3) is 0.200. The number of anilines is 1. The van der Waals surface area contributed by atoms with E-state index in [0.29, 0.717) is 18.2 Å².